The van der Waals surface area contributed by atoms with Crippen LogP contribution in [-0.4, -0.2) is 48.9 Å². The molecule has 2 saturated heterocycles. The van der Waals surface area contributed by atoms with Crippen LogP contribution in [0, 0.1) is 0 Å². The fourth-order valence-corrected chi connectivity index (χ4v) is 2.46. The molecule has 0 aromatic rings. The molecule has 2 heterocycles. The van der Waals surface area contributed by atoms with E-state index in [-0.39, 0.29) is 12.0 Å². The number of carbonyl (C=O) groups is 1. The van der Waals surface area contributed by atoms with Crippen molar-refractivity contribution in [3.63, 3.8) is 0 Å². The zero-order chi connectivity index (χ0) is 12.3. The summed E-state index contributed by atoms with van der Waals surface area (Å²) in [4.78, 5) is 13.7. The number of hydrogen-bond acceptors (Lipinski definition) is 4. The topological polar surface area (TPSA) is 64.8 Å². The minimum Gasteiger partial charge on any atom is -0.347 e. The van der Waals surface area contributed by atoms with Crippen molar-refractivity contribution in [2.24, 2.45) is 5.73 Å². The van der Waals surface area contributed by atoms with E-state index in [0.717, 1.165) is 32.4 Å². The SMILES string of the molecule is CCCC(=O)N1CCC2(CC1)OCC(CN)O2. The molecule has 5 heteroatoms. The lowest BCUT2D eigenvalue weighted by Crippen LogP contribution is -2.47. The molecule has 2 fully saturated rings. The maximum absolute atomic E-state index is 11.7. The number of hydrogen-bond donors (Lipinski definition) is 1. The van der Waals surface area contributed by atoms with Crippen molar-refractivity contribution >= 4 is 5.91 Å². The van der Waals surface area contributed by atoms with E-state index in [2.05, 4.69) is 0 Å². The van der Waals surface area contributed by atoms with Crippen LogP contribution in [-0.2, 0) is 14.3 Å². The van der Waals surface area contributed by atoms with Gasteiger partial charge in [0.25, 0.3) is 0 Å². The van der Waals surface area contributed by atoms with Crippen LogP contribution in [0.15, 0.2) is 0 Å². The molecule has 2 rings (SSSR count). The zero-order valence-electron chi connectivity index (χ0n) is 10.5. The summed E-state index contributed by atoms with van der Waals surface area (Å²) in [6, 6.07) is 0. The van der Waals surface area contributed by atoms with Gasteiger partial charge in [0.2, 0.25) is 5.91 Å². The number of nitrogens with zero attached hydrogens (tertiary/aromatic N) is 1. The first kappa shape index (κ1) is 12.8. The number of rotatable bonds is 3. The molecule has 0 saturated carbocycles. The first-order valence-electron chi connectivity index (χ1n) is 6.49. The summed E-state index contributed by atoms with van der Waals surface area (Å²) in [6.07, 6.45) is 3.09. The molecular formula is C12H22N2O3. The average molecular weight is 242 g/mol. The Morgan fingerprint density at radius 3 is 2.71 bits per heavy atom. The van der Waals surface area contributed by atoms with Crippen molar-refractivity contribution in [2.45, 2.75) is 44.5 Å². The van der Waals surface area contributed by atoms with Crippen LogP contribution in [0.2, 0.25) is 0 Å². The van der Waals surface area contributed by atoms with Crippen LogP contribution in [0.1, 0.15) is 32.6 Å². The van der Waals surface area contributed by atoms with Crippen molar-refractivity contribution in [1.82, 2.24) is 4.90 Å². The monoisotopic (exact) mass is 242 g/mol. The lowest BCUT2D eigenvalue weighted by molar-refractivity contribution is -0.195. The van der Waals surface area contributed by atoms with Gasteiger partial charge in [-0.2, -0.15) is 0 Å². The summed E-state index contributed by atoms with van der Waals surface area (Å²) < 4.78 is 11.6. The van der Waals surface area contributed by atoms with E-state index in [0.29, 0.717) is 19.6 Å². The predicted octanol–water partition coefficient (Wildman–Crippen LogP) is 0.479. The standard InChI is InChI=1S/C12H22N2O3/c1-2-3-11(15)14-6-4-12(5-7-14)16-9-10(8-13)17-12/h10H,2-9,13H2,1H3. The summed E-state index contributed by atoms with van der Waals surface area (Å²) in [5.74, 6) is -0.219. The number of ether oxygens (including phenoxy) is 2. The molecule has 0 aliphatic carbocycles. The first-order valence-corrected chi connectivity index (χ1v) is 6.49. The Hall–Kier alpha value is -0.650. The Kier molecular flexibility index (Phi) is 4.01. The summed E-state index contributed by atoms with van der Waals surface area (Å²) in [5, 5.41) is 0. The molecule has 2 aliphatic heterocycles. The van der Waals surface area contributed by atoms with Gasteiger partial charge in [0, 0.05) is 38.9 Å². The number of nitrogens with two attached hydrogens (primary N) is 1. The van der Waals surface area contributed by atoms with Gasteiger partial charge < -0.3 is 20.1 Å². The van der Waals surface area contributed by atoms with Gasteiger partial charge in [-0.1, -0.05) is 6.92 Å². The minimum absolute atomic E-state index is 0.0212. The molecular weight excluding hydrogens is 220 g/mol. The highest BCUT2D eigenvalue weighted by Gasteiger charge is 2.43. The van der Waals surface area contributed by atoms with E-state index in [4.69, 9.17) is 15.2 Å². The Bertz CT molecular complexity index is 275. The molecule has 1 unspecified atom stereocenters. The molecule has 1 atom stereocenters. The second kappa shape index (κ2) is 5.33. The Labute approximate surface area is 102 Å². The van der Waals surface area contributed by atoms with E-state index >= 15 is 0 Å². The van der Waals surface area contributed by atoms with Crippen LogP contribution < -0.4 is 5.73 Å². The van der Waals surface area contributed by atoms with Gasteiger partial charge in [0.1, 0.15) is 0 Å². The minimum atomic E-state index is -0.465. The van der Waals surface area contributed by atoms with E-state index in [1.165, 1.54) is 0 Å². The highest BCUT2D eigenvalue weighted by Crippen LogP contribution is 2.33. The molecule has 2 aliphatic rings. The number of piperidine rings is 1. The second-order valence-electron chi connectivity index (χ2n) is 4.83. The predicted molar refractivity (Wildman–Crippen MR) is 63.3 cm³/mol. The average Bonchev–Trinajstić information content (AvgIpc) is 2.74. The van der Waals surface area contributed by atoms with Crippen molar-refractivity contribution in [3.8, 4) is 0 Å². The van der Waals surface area contributed by atoms with E-state index in [9.17, 15) is 4.79 Å². The van der Waals surface area contributed by atoms with Gasteiger partial charge in [0.15, 0.2) is 5.79 Å². The molecule has 1 spiro atoms. The molecule has 0 aromatic heterocycles. The van der Waals surface area contributed by atoms with Gasteiger partial charge in [0.05, 0.1) is 12.7 Å². The molecule has 98 valence electrons. The summed E-state index contributed by atoms with van der Waals surface area (Å²) in [6.45, 7) is 4.57. The lowest BCUT2D eigenvalue weighted by Gasteiger charge is -2.38. The van der Waals surface area contributed by atoms with Gasteiger partial charge in [-0.15, -0.1) is 0 Å². The molecule has 2 N–H and O–H groups in total. The second-order valence-corrected chi connectivity index (χ2v) is 4.83. The van der Waals surface area contributed by atoms with Crippen LogP contribution in [0.4, 0.5) is 0 Å². The summed E-state index contributed by atoms with van der Waals surface area (Å²) in [7, 11) is 0. The third-order valence-electron chi connectivity index (χ3n) is 3.52. The van der Waals surface area contributed by atoms with Crippen molar-refractivity contribution in [2.75, 3.05) is 26.2 Å². The highest BCUT2D eigenvalue weighted by atomic mass is 16.7. The number of likely N-dealkylation sites (tertiary alicyclic amines) is 1. The third-order valence-corrected chi connectivity index (χ3v) is 3.52. The zero-order valence-corrected chi connectivity index (χ0v) is 10.5. The lowest BCUT2D eigenvalue weighted by atomic mass is 10.0. The maximum Gasteiger partial charge on any atom is 0.222 e. The van der Waals surface area contributed by atoms with Crippen LogP contribution in [0.5, 0.6) is 0 Å². The normalized spacial score (nSPS) is 27.6. The van der Waals surface area contributed by atoms with Crippen molar-refractivity contribution in [3.05, 3.63) is 0 Å². The smallest absolute Gasteiger partial charge is 0.222 e. The van der Waals surface area contributed by atoms with Gasteiger partial charge in [-0.3, -0.25) is 4.79 Å². The largest absolute Gasteiger partial charge is 0.347 e. The third kappa shape index (κ3) is 2.78. The maximum atomic E-state index is 11.7. The van der Waals surface area contributed by atoms with Crippen LogP contribution in [0.3, 0.4) is 0 Å². The molecule has 1 amide bonds. The first-order chi connectivity index (χ1) is 8.19. The van der Waals surface area contributed by atoms with Gasteiger partial charge >= 0.3 is 0 Å². The summed E-state index contributed by atoms with van der Waals surface area (Å²) in [5.41, 5.74) is 5.57. The van der Waals surface area contributed by atoms with Crippen LogP contribution >= 0.6 is 0 Å². The molecule has 0 bridgehead atoms. The van der Waals surface area contributed by atoms with Crippen molar-refractivity contribution < 1.29 is 14.3 Å². The number of carbonyl (C=O) groups excluding carboxylic acids is 1. The van der Waals surface area contributed by atoms with E-state index in [1.54, 1.807) is 0 Å². The van der Waals surface area contributed by atoms with Gasteiger partial charge in [-0.25, -0.2) is 0 Å². The molecule has 0 aromatic carbocycles. The molecule has 5 nitrogen and oxygen atoms in total. The Balaban J connectivity index is 1.84. The Morgan fingerprint density at radius 2 is 2.18 bits per heavy atom. The van der Waals surface area contributed by atoms with Crippen molar-refractivity contribution in [1.29, 1.82) is 0 Å². The fourth-order valence-electron chi connectivity index (χ4n) is 2.46. The molecule has 17 heavy (non-hydrogen) atoms. The molecule has 0 radical (unpaired) electrons. The van der Waals surface area contributed by atoms with Crippen LogP contribution in [0.25, 0.3) is 0 Å². The van der Waals surface area contributed by atoms with E-state index in [1.807, 2.05) is 11.8 Å². The van der Waals surface area contributed by atoms with E-state index < -0.39 is 5.79 Å². The van der Waals surface area contributed by atoms with Gasteiger partial charge in [-0.05, 0) is 6.42 Å². The highest BCUT2D eigenvalue weighted by molar-refractivity contribution is 5.76. The summed E-state index contributed by atoms with van der Waals surface area (Å²) >= 11 is 0. The Morgan fingerprint density at radius 1 is 1.47 bits per heavy atom. The number of amides is 1. The quantitative estimate of drug-likeness (QED) is 0.781. The fraction of sp³-hybridized carbons (Fsp3) is 0.917.